The predicted molar refractivity (Wildman–Crippen MR) is 115 cm³/mol. The van der Waals surface area contributed by atoms with E-state index in [0.29, 0.717) is 40.4 Å². The van der Waals surface area contributed by atoms with Crippen LogP contribution in [0.25, 0.3) is 0 Å². The van der Waals surface area contributed by atoms with E-state index < -0.39 is 26.1 Å². The molecule has 0 radical (unpaired) electrons. The van der Waals surface area contributed by atoms with E-state index in [9.17, 15) is 16.8 Å². The van der Waals surface area contributed by atoms with Crippen molar-refractivity contribution in [3.05, 3.63) is 53.6 Å². The van der Waals surface area contributed by atoms with E-state index in [1.807, 2.05) is 0 Å². The maximum Gasteiger partial charge on any atom is 0.247 e. The van der Waals surface area contributed by atoms with Crippen molar-refractivity contribution in [3.63, 3.8) is 0 Å². The zero-order valence-electron chi connectivity index (χ0n) is 17.0. The Hall–Kier alpha value is -2.79. The summed E-state index contributed by atoms with van der Waals surface area (Å²) in [6.45, 7) is 0. The molecule has 2 aromatic rings. The Morgan fingerprint density at radius 2 is 1.70 bits per heavy atom. The molecular formula is C19H23N3O6S2. The number of hydrazone groups is 1. The van der Waals surface area contributed by atoms with Gasteiger partial charge in [0, 0.05) is 12.1 Å². The number of sulfonamides is 2. The zero-order valence-corrected chi connectivity index (χ0v) is 18.6. The van der Waals surface area contributed by atoms with E-state index in [-0.39, 0.29) is 0 Å². The number of rotatable bonds is 7. The first-order valence-electron chi connectivity index (χ1n) is 8.89. The average Bonchev–Trinajstić information content (AvgIpc) is 3.12. The number of anilines is 1. The van der Waals surface area contributed by atoms with Crippen LogP contribution in [0.2, 0.25) is 0 Å². The molecule has 0 saturated carbocycles. The fraction of sp³-hybridized carbons (Fsp3) is 0.316. The summed E-state index contributed by atoms with van der Waals surface area (Å²) >= 11 is 0. The SMILES string of the molecule is COc1ccc([C@@H]2CC(c3cccc(NS(C)(=O)=O)c3)=NN2S(C)(=O)=O)cc1OC. The molecule has 162 valence electrons. The van der Waals surface area contributed by atoms with Crippen molar-refractivity contribution in [3.8, 4) is 11.5 Å². The minimum Gasteiger partial charge on any atom is -0.493 e. The molecule has 0 bridgehead atoms. The first kappa shape index (κ1) is 21.9. The summed E-state index contributed by atoms with van der Waals surface area (Å²) in [5, 5.41) is 4.34. The molecule has 2 aromatic carbocycles. The second-order valence-corrected chi connectivity index (χ2v) is 10.5. The number of hydrogen-bond donors (Lipinski definition) is 1. The first-order valence-corrected chi connectivity index (χ1v) is 12.6. The van der Waals surface area contributed by atoms with E-state index in [1.165, 1.54) is 14.2 Å². The Labute approximate surface area is 176 Å². The highest BCUT2D eigenvalue weighted by atomic mass is 32.2. The Balaban J connectivity index is 2.00. The third-order valence-electron chi connectivity index (χ3n) is 4.50. The van der Waals surface area contributed by atoms with Crippen LogP contribution in [-0.4, -0.2) is 53.7 Å². The van der Waals surface area contributed by atoms with Gasteiger partial charge in [-0.1, -0.05) is 18.2 Å². The standard InChI is InChI=1S/C19H23N3O6S2/c1-27-18-9-8-14(11-19(18)28-2)17-12-16(20-22(17)30(4,25)26)13-6-5-7-15(10-13)21-29(3,23)24/h5-11,17,21H,12H2,1-4H3/t17-/m0/s1. The maximum atomic E-state index is 12.4. The van der Waals surface area contributed by atoms with Gasteiger partial charge < -0.3 is 9.47 Å². The zero-order chi connectivity index (χ0) is 22.1. The quantitative estimate of drug-likeness (QED) is 0.687. The van der Waals surface area contributed by atoms with Crippen LogP contribution in [0.1, 0.15) is 23.6 Å². The number of benzene rings is 2. The molecule has 0 saturated heterocycles. The summed E-state index contributed by atoms with van der Waals surface area (Å²) in [6, 6.07) is 11.3. The van der Waals surface area contributed by atoms with Gasteiger partial charge in [-0.05, 0) is 35.4 Å². The average molecular weight is 454 g/mol. The van der Waals surface area contributed by atoms with Crippen molar-refractivity contribution in [1.82, 2.24) is 4.41 Å². The van der Waals surface area contributed by atoms with Crippen molar-refractivity contribution in [1.29, 1.82) is 0 Å². The highest BCUT2D eigenvalue weighted by Gasteiger charge is 2.35. The van der Waals surface area contributed by atoms with Gasteiger partial charge in [0.2, 0.25) is 20.0 Å². The normalized spacial score (nSPS) is 16.9. The van der Waals surface area contributed by atoms with Crippen LogP contribution in [0.3, 0.4) is 0 Å². The molecule has 1 aliphatic heterocycles. The van der Waals surface area contributed by atoms with E-state index >= 15 is 0 Å². The minimum absolute atomic E-state index is 0.310. The third kappa shape index (κ3) is 4.85. The number of nitrogens with one attached hydrogen (secondary N) is 1. The van der Waals surface area contributed by atoms with E-state index in [2.05, 4.69) is 9.82 Å². The smallest absolute Gasteiger partial charge is 0.247 e. The second-order valence-electron chi connectivity index (χ2n) is 6.87. The van der Waals surface area contributed by atoms with Crippen LogP contribution in [-0.2, 0) is 20.0 Å². The molecule has 1 heterocycles. The first-order chi connectivity index (χ1) is 14.0. The molecule has 9 nitrogen and oxygen atoms in total. The van der Waals surface area contributed by atoms with E-state index in [1.54, 1.807) is 42.5 Å². The molecule has 0 spiro atoms. The molecule has 1 aliphatic rings. The van der Waals surface area contributed by atoms with Crippen molar-refractivity contribution in [2.75, 3.05) is 31.5 Å². The van der Waals surface area contributed by atoms with Crippen LogP contribution >= 0.6 is 0 Å². The topological polar surface area (TPSA) is 114 Å². The number of ether oxygens (including phenoxy) is 2. The van der Waals surface area contributed by atoms with Crippen LogP contribution in [0.15, 0.2) is 47.6 Å². The molecule has 0 aliphatic carbocycles. The van der Waals surface area contributed by atoms with Crippen molar-refractivity contribution < 1.29 is 26.3 Å². The monoisotopic (exact) mass is 453 g/mol. The highest BCUT2D eigenvalue weighted by molar-refractivity contribution is 7.92. The maximum absolute atomic E-state index is 12.4. The van der Waals surface area contributed by atoms with Crippen LogP contribution < -0.4 is 14.2 Å². The molecule has 3 rings (SSSR count). The van der Waals surface area contributed by atoms with Gasteiger partial charge in [0.25, 0.3) is 0 Å². The van der Waals surface area contributed by atoms with Gasteiger partial charge in [-0.15, -0.1) is 0 Å². The molecule has 11 heteroatoms. The molecule has 0 fully saturated rings. The lowest BCUT2D eigenvalue weighted by molar-refractivity contribution is 0.349. The summed E-state index contributed by atoms with van der Waals surface area (Å²) in [5.74, 6) is 1.02. The minimum atomic E-state index is -3.65. The van der Waals surface area contributed by atoms with Crippen LogP contribution in [0, 0.1) is 0 Å². The Morgan fingerprint density at radius 1 is 1.00 bits per heavy atom. The Kier molecular flexibility index (Phi) is 5.95. The molecular weight excluding hydrogens is 430 g/mol. The Morgan fingerprint density at radius 3 is 2.30 bits per heavy atom. The lowest BCUT2D eigenvalue weighted by Gasteiger charge is -2.22. The predicted octanol–water partition coefficient (Wildman–Crippen LogP) is 2.19. The molecule has 1 atom stereocenters. The van der Waals surface area contributed by atoms with Gasteiger partial charge in [-0.2, -0.15) is 9.52 Å². The lowest BCUT2D eigenvalue weighted by atomic mass is 9.98. The third-order valence-corrected chi connectivity index (χ3v) is 6.13. The largest absolute Gasteiger partial charge is 0.493 e. The summed E-state index contributed by atoms with van der Waals surface area (Å²) < 4.78 is 61.9. The second kappa shape index (κ2) is 8.15. The fourth-order valence-electron chi connectivity index (χ4n) is 3.25. The number of hydrogen-bond acceptors (Lipinski definition) is 7. The lowest BCUT2D eigenvalue weighted by Crippen LogP contribution is -2.25. The molecule has 1 N–H and O–H groups in total. The van der Waals surface area contributed by atoms with Gasteiger partial charge in [-0.3, -0.25) is 4.72 Å². The van der Waals surface area contributed by atoms with Gasteiger partial charge >= 0.3 is 0 Å². The van der Waals surface area contributed by atoms with Crippen molar-refractivity contribution in [2.45, 2.75) is 12.5 Å². The molecule has 30 heavy (non-hydrogen) atoms. The molecule has 0 amide bonds. The summed E-state index contributed by atoms with van der Waals surface area (Å²) in [4.78, 5) is 0. The number of nitrogens with zero attached hydrogens (tertiary/aromatic N) is 2. The molecule has 0 aromatic heterocycles. The summed E-state index contributed by atoms with van der Waals surface area (Å²) in [5.41, 5.74) is 2.22. The van der Waals surface area contributed by atoms with Crippen molar-refractivity contribution >= 4 is 31.4 Å². The number of methoxy groups -OCH3 is 2. The van der Waals surface area contributed by atoms with E-state index in [0.717, 1.165) is 16.9 Å². The highest BCUT2D eigenvalue weighted by Crippen LogP contribution is 2.38. The van der Waals surface area contributed by atoms with Gasteiger partial charge in [0.1, 0.15) is 0 Å². The van der Waals surface area contributed by atoms with Crippen LogP contribution in [0.5, 0.6) is 11.5 Å². The van der Waals surface area contributed by atoms with Gasteiger partial charge in [0.15, 0.2) is 11.5 Å². The molecule has 0 unspecified atom stereocenters. The fourth-order valence-corrected chi connectivity index (χ4v) is 4.71. The summed E-state index contributed by atoms with van der Waals surface area (Å²) in [6.07, 6.45) is 2.46. The van der Waals surface area contributed by atoms with Crippen LogP contribution in [0.4, 0.5) is 5.69 Å². The Bertz CT molecular complexity index is 1190. The van der Waals surface area contributed by atoms with Gasteiger partial charge in [0.05, 0.1) is 38.5 Å². The summed E-state index contributed by atoms with van der Waals surface area (Å²) in [7, 11) is -4.06. The van der Waals surface area contributed by atoms with Gasteiger partial charge in [-0.25, -0.2) is 16.8 Å². The van der Waals surface area contributed by atoms with Crippen molar-refractivity contribution in [2.24, 2.45) is 5.10 Å². The van der Waals surface area contributed by atoms with E-state index in [4.69, 9.17) is 9.47 Å².